The van der Waals surface area contributed by atoms with Crippen LogP contribution in [-0.2, 0) is 4.79 Å². The fourth-order valence-electron chi connectivity index (χ4n) is 1.31. The molecule has 1 unspecified atom stereocenters. The first-order valence-electron chi connectivity index (χ1n) is 5.04. The summed E-state index contributed by atoms with van der Waals surface area (Å²) in [6.45, 7) is 1.93. The highest BCUT2D eigenvalue weighted by molar-refractivity contribution is 6.35. The molecule has 3 nitrogen and oxygen atoms in total. The van der Waals surface area contributed by atoms with Gasteiger partial charge in [0, 0.05) is 18.1 Å². The van der Waals surface area contributed by atoms with Crippen LogP contribution in [0.3, 0.4) is 0 Å². The zero-order chi connectivity index (χ0) is 13.0. The smallest absolute Gasteiger partial charge is 0.233 e. The lowest BCUT2D eigenvalue weighted by Gasteiger charge is -2.15. The van der Waals surface area contributed by atoms with Gasteiger partial charge in [0.15, 0.2) is 0 Å². The Labute approximate surface area is 109 Å². The van der Waals surface area contributed by atoms with E-state index in [0.717, 1.165) is 0 Å². The summed E-state index contributed by atoms with van der Waals surface area (Å²) in [7, 11) is 1.55. The molecule has 6 heteroatoms. The van der Waals surface area contributed by atoms with Crippen LogP contribution in [0.4, 0.5) is 4.39 Å². The summed E-state index contributed by atoms with van der Waals surface area (Å²) in [6.07, 6.45) is 0. The summed E-state index contributed by atoms with van der Waals surface area (Å²) < 4.78 is 13.3. The van der Waals surface area contributed by atoms with E-state index in [4.69, 9.17) is 23.2 Å². The number of nitrogens with one attached hydrogen (secondary N) is 2. The predicted molar refractivity (Wildman–Crippen MR) is 66.9 cm³/mol. The van der Waals surface area contributed by atoms with Crippen molar-refractivity contribution in [1.82, 2.24) is 10.6 Å². The number of benzene rings is 1. The van der Waals surface area contributed by atoms with Gasteiger partial charge in [-0.2, -0.15) is 0 Å². The fraction of sp³-hybridized carbons (Fsp3) is 0.364. The van der Waals surface area contributed by atoms with Crippen LogP contribution in [0, 0.1) is 5.82 Å². The van der Waals surface area contributed by atoms with E-state index in [1.807, 2.05) is 0 Å². The lowest BCUT2D eigenvalue weighted by atomic mass is 10.1. The molecule has 0 spiro atoms. The molecule has 0 fully saturated rings. The van der Waals surface area contributed by atoms with E-state index in [0.29, 0.717) is 10.6 Å². The van der Waals surface area contributed by atoms with Crippen LogP contribution < -0.4 is 10.6 Å². The number of rotatable bonds is 4. The number of amides is 1. The Morgan fingerprint density at radius 1 is 1.41 bits per heavy atom. The van der Waals surface area contributed by atoms with Crippen molar-refractivity contribution < 1.29 is 9.18 Å². The molecule has 0 saturated carbocycles. The Morgan fingerprint density at radius 3 is 2.65 bits per heavy atom. The monoisotopic (exact) mass is 278 g/mol. The molecule has 94 valence electrons. The molecule has 0 saturated heterocycles. The van der Waals surface area contributed by atoms with Crippen molar-refractivity contribution in [3.63, 3.8) is 0 Å². The maximum atomic E-state index is 13.3. The summed E-state index contributed by atoms with van der Waals surface area (Å²) in [5, 5.41) is 5.76. The molecule has 2 N–H and O–H groups in total. The van der Waals surface area contributed by atoms with Gasteiger partial charge in [0.1, 0.15) is 5.82 Å². The third kappa shape index (κ3) is 3.84. The molecule has 0 heterocycles. The lowest BCUT2D eigenvalue weighted by Crippen LogP contribution is -2.33. The van der Waals surface area contributed by atoms with E-state index in [-0.39, 0.29) is 23.5 Å². The van der Waals surface area contributed by atoms with Crippen molar-refractivity contribution in [1.29, 1.82) is 0 Å². The van der Waals surface area contributed by atoms with Crippen LogP contribution in [0.15, 0.2) is 12.1 Å². The Kier molecular flexibility index (Phi) is 5.18. The number of carbonyl (C=O) groups is 1. The van der Waals surface area contributed by atoms with Gasteiger partial charge < -0.3 is 10.6 Å². The molecule has 17 heavy (non-hydrogen) atoms. The van der Waals surface area contributed by atoms with E-state index in [9.17, 15) is 9.18 Å². The summed E-state index contributed by atoms with van der Waals surface area (Å²) in [4.78, 5) is 11.1. The van der Waals surface area contributed by atoms with Crippen LogP contribution >= 0.6 is 23.2 Å². The second kappa shape index (κ2) is 6.19. The predicted octanol–water partition coefficient (Wildman–Crippen LogP) is 2.53. The van der Waals surface area contributed by atoms with Gasteiger partial charge in [-0.15, -0.1) is 0 Å². The minimum absolute atomic E-state index is 0.0164. The molecule has 0 aliphatic heterocycles. The molecule has 0 aliphatic carbocycles. The molecule has 1 aromatic rings. The Morgan fingerprint density at radius 2 is 2.06 bits per heavy atom. The van der Waals surface area contributed by atoms with Crippen molar-refractivity contribution in [3.05, 3.63) is 33.6 Å². The van der Waals surface area contributed by atoms with Gasteiger partial charge in [-0.1, -0.05) is 23.2 Å². The van der Waals surface area contributed by atoms with Crippen molar-refractivity contribution in [3.8, 4) is 0 Å². The minimum atomic E-state index is -0.528. The first kappa shape index (κ1) is 14.2. The van der Waals surface area contributed by atoms with Crippen molar-refractivity contribution in [2.24, 2.45) is 0 Å². The van der Waals surface area contributed by atoms with Crippen LogP contribution in [0.5, 0.6) is 0 Å². The summed E-state index contributed by atoms with van der Waals surface area (Å²) in [5.41, 5.74) is 0.567. The van der Waals surface area contributed by atoms with Crippen molar-refractivity contribution in [2.75, 3.05) is 13.6 Å². The van der Waals surface area contributed by atoms with Crippen molar-refractivity contribution >= 4 is 29.1 Å². The molecular formula is C11H13Cl2FN2O. The molecule has 0 bridgehead atoms. The van der Waals surface area contributed by atoms with E-state index >= 15 is 0 Å². The van der Waals surface area contributed by atoms with Crippen LogP contribution in [0.2, 0.25) is 10.0 Å². The zero-order valence-electron chi connectivity index (χ0n) is 9.48. The SMILES string of the molecule is CNC(=O)CNC(C)c1cc(F)c(Cl)cc1Cl. The molecule has 0 radical (unpaired) electrons. The summed E-state index contributed by atoms with van der Waals surface area (Å²) in [5.74, 6) is -0.679. The molecule has 1 atom stereocenters. The number of halogens is 3. The summed E-state index contributed by atoms with van der Waals surface area (Å²) in [6, 6.07) is 2.38. The number of hydrogen-bond donors (Lipinski definition) is 2. The van der Waals surface area contributed by atoms with E-state index < -0.39 is 5.82 Å². The highest BCUT2D eigenvalue weighted by Crippen LogP contribution is 2.28. The minimum Gasteiger partial charge on any atom is -0.358 e. The lowest BCUT2D eigenvalue weighted by molar-refractivity contribution is -0.119. The molecule has 1 rings (SSSR count). The molecule has 1 aromatic carbocycles. The van der Waals surface area contributed by atoms with Crippen LogP contribution in [0.25, 0.3) is 0 Å². The van der Waals surface area contributed by atoms with E-state index in [1.165, 1.54) is 12.1 Å². The third-order valence-corrected chi connectivity index (χ3v) is 2.97. The number of hydrogen-bond acceptors (Lipinski definition) is 2. The molecule has 0 aliphatic rings. The zero-order valence-corrected chi connectivity index (χ0v) is 11.0. The Hall–Kier alpha value is -0.840. The highest BCUT2D eigenvalue weighted by atomic mass is 35.5. The van der Waals surface area contributed by atoms with Gasteiger partial charge in [-0.05, 0) is 24.6 Å². The third-order valence-electron chi connectivity index (χ3n) is 2.35. The molecule has 1 amide bonds. The van der Waals surface area contributed by atoms with Gasteiger partial charge in [-0.3, -0.25) is 4.79 Å². The number of likely N-dealkylation sites (N-methyl/N-ethyl adjacent to an activating group) is 1. The van der Waals surface area contributed by atoms with Gasteiger partial charge in [0.2, 0.25) is 5.91 Å². The van der Waals surface area contributed by atoms with Gasteiger partial charge in [0.05, 0.1) is 11.6 Å². The standard InChI is InChI=1S/C11H13Cl2FN2O/c1-6(16-5-11(17)15-2)7-3-10(14)9(13)4-8(7)12/h3-4,6,16H,5H2,1-2H3,(H,15,17). The first-order chi connectivity index (χ1) is 7.95. The van der Waals surface area contributed by atoms with Gasteiger partial charge in [-0.25, -0.2) is 4.39 Å². The van der Waals surface area contributed by atoms with E-state index in [2.05, 4.69) is 10.6 Å². The average molecular weight is 279 g/mol. The van der Waals surface area contributed by atoms with Gasteiger partial charge in [0.25, 0.3) is 0 Å². The van der Waals surface area contributed by atoms with Crippen LogP contribution in [-0.4, -0.2) is 19.5 Å². The molecular weight excluding hydrogens is 266 g/mol. The Bertz CT molecular complexity index is 426. The second-order valence-electron chi connectivity index (χ2n) is 3.56. The first-order valence-corrected chi connectivity index (χ1v) is 5.79. The average Bonchev–Trinajstić information content (AvgIpc) is 2.30. The van der Waals surface area contributed by atoms with Gasteiger partial charge >= 0.3 is 0 Å². The quantitative estimate of drug-likeness (QED) is 0.831. The largest absolute Gasteiger partial charge is 0.358 e. The Balaban J connectivity index is 2.78. The number of carbonyl (C=O) groups excluding carboxylic acids is 1. The molecule has 0 aromatic heterocycles. The van der Waals surface area contributed by atoms with E-state index in [1.54, 1.807) is 14.0 Å². The van der Waals surface area contributed by atoms with Crippen LogP contribution in [0.1, 0.15) is 18.5 Å². The highest BCUT2D eigenvalue weighted by Gasteiger charge is 2.13. The normalized spacial score (nSPS) is 12.3. The maximum Gasteiger partial charge on any atom is 0.233 e. The fourth-order valence-corrected chi connectivity index (χ4v) is 1.86. The second-order valence-corrected chi connectivity index (χ2v) is 4.38. The van der Waals surface area contributed by atoms with Crippen molar-refractivity contribution in [2.45, 2.75) is 13.0 Å². The topological polar surface area (TPSA) is 41.1 Å². The summed E-state index contributed by atoms with van der Waals surface area (Å²) >= 11 is 11.6. The maximum absolute atomic E-state index is 13.3.